The number of benzene rings is 1. The Balaban J connectivity index is 0.00000312. The minimum absolute atomic E-state index is 0. The molecule has 6 nitrogen and oxygen atoms in total. The third-order valence-electron chi connectivity index (χ3n) is 4.10. The average Bonchev–Trinajstić information content (AvgIpc) is 3.00. The van der Waals surface area contributed by atoms with Crippen LogP contribution >= 0.6 is 24.0 Å². The summed E-state index contributed by atoms with van der Waals surface area (Å²) in [5.41, 5.74) is 1.24. The molecule has 0 spiro atoms. The molecule has 1 amide bonds. The first-order chi connectivity index (χ1) is 11.6. The van der Waals surface area contributed by atoms with Crippen LogP contribution in [0.2, 0.25) is 0 Å². The lowest BCUT2D eigenvalue weighted by Gasteiger charge is -2.16. The number of para-hydroxylation sites is 1. The molecule has 25 heavy (non-hydrogen) atoms. The summed E-state index contributed by atoms with van der Waals surface area (Å²) in [6.07, 6.45) is 2.37. The van der Waals surface area contributed by atoms with E-state index in [9.17, 15) is 4.79 Å². The van der Waals surface area contributed by atoms with Crippen molar-refractivity contribution < 1.29 is 9.53 Å². The first-order valence-electron chi connectivity index (χ1n) is 8.60. The number of aliphatic imine (C=N–C) groups is 1. The summed E-state index contributed by atoms with van der Waals surface area (Å²) in [4.78, 5) is 15.9. The summed E-state index contributed by atoms with van der Waals surface area (Å²) >= 11 is 0. The van der Waals surface area contributed by atoms with Gasteiger partial charge in [-0.3, -0.25) is 9.79 Å². The molecule has 1 aliphatic heterocycles. The number of fused-ring (bicyclic) bond motifs is 1. The zero-order valence-corrected chi connectivity index (χ0v) is 17.5. The van der Waals surface area contributed by atoms with E-state index in [2.05, 4.69) is 33.9 Å². The van der Waals surface area contributed by atoms with Crippen molar-refractivity contribution in [1.29, 1.82) is 0 Å². The van der Waals surface area contributed by atoms with Crippen LogP contribution in [0, 0.1) is 0 Å². The van der Waals surface area contributed by atoms with Crippen LogP contribution in [0.5, 0.6) is 5.75 Å². The van der Waals surface area contributed by atoms with Crippen molar-refractivity contribution in [2.45, 2.75) is 45.3 Å². The first-order valence-corrected chi connectivity index (χ1v) is 8.60. The number of nitrogens with one attached hydrogen (secondary N) is 3. The second kappa shape index (κ2) is 11.2. The molecule has 0 bridgehead atoms. The number of carbonyl (C=O) groups is 1. The predicted molar refractivity (Wildman–Crippen MR) is 112 cm³/mol. The molecule has 0 saturated carbocycles. The lowest BCUT2D eigenvalue weighted by atomic mass is 10.1. The van der Waals surface area contributed by atoms with Crippen molar-refractivity contribution in [2.75, 3.05) is 20.1 Å². The Labute approximate surface area is 167 Å². The highest BCUT2D eigenvalue weighted by Gasteiger charge is 2.22. The number of nitrogens with zero attached hydrogens (tertiary/aromatic N) is 1. The third-order valence-corrected chi connectivity index (χ3v) is 4.10. The standard InChI is InChI=1S/C18H28N4O2.HI/c1-4-13(2)22-17(23)9-10-20-18(19-3)21-12-15-11-14-7-5-6-8-16(14)24-15;/h5-8,13,15H,4,9-12H2,1-3H3,(H,22,23)(H2,19,20,21);1H. The molecule has 1 aromatic rings. The Kier molecular flexibility index (Phi) is 9.62. The molecule has 2 rings (SSSR count). The second-order valence-electron chi connectivity index (χ2n) is 6.06. The molecule has 0 fully saturated rings. The molecular formula is C18H29IN4O2. The monoisotopic (exact) mass is 460 g/mol. The van der Waals surface area contributed by atoms with Gasteiger partial charge in [-0.2, -0.15) is 0 Å². The summed E-state index contributed by atoms with van der Waals surface area (Å²) in [5, 5.41) is 9.36. The molecule has 1 heterocycles. The summed E-state index contributed by atoms with van der Waals surface area (Å²) < 4.78 is 5.89. The number of amides is 1. The zero-order valence-electron chi connectivity index (χ0n) is 15.2. The van der Waals surface area contributed by atoms with Crippen LogP contribution in [0.4, 0.5) is 0 Å². The quantitative estimate of drug-likeness (QED) is 0.331. The molecule has 0 radical (unpaired) electrons. The number of carbonyl (C=O) groups excluding carboxylic acids is 1. The van der Waals surface area contributed by atoms with Crippen LogP contribution in [0.25, 0.3) is 0 Å². The number of halogens is 1. The van der Waals surface area contributed by atoms with Crippen molar-refractivity contribution in [3.05, 3.63) is 29.8 Å². The third kappa shape index (κ3) is 7.09. The largest absolute Gasteiger partial charge is 0.488 e. The summed E-state index contributed by atoms with van der Waals surface area (Å²) in [6, 6.07) is 8.33. The van der Waals surface area contributed by atoms with E-state index in [0.29, 0.717) is 25.5 Å². The molecule has 140 valence electrons. The van der Waals surface area contributed by atoms with E-state index >= 15 is 0 Å². The van der Waals surface area contributed by atoms with E-state index in [4.69, 9.17) is 4.74 Å². The van der Waals surface area contributed by atoms with Gasteiger partial charge >= 0.3 is 0 Å². The minimum atomic E-state index is 0. The van der Waals surface area contributed by atoms with Gasteiger partial charge in [-0.05, 0) is 25.0 Å². The maximum atomic E-state index is 11.7. The van der Waals surface area contributed by atoms with Crippen molar-refractivity contribution >= 4 is 35.8 Å². The van der Waals surface area contributed by atoms with Gasteiger partial charge in [0.25, 0.3) is 0 Å². The number of rotatable bonds is 7. The van der Waals surface area contributed by atoms with E-state index in [0.717, 1.165) is 18.6 Å². The van der Waals surface area contributed by atoms with E-state index < -0.39 is 0 Å². The number of ether oxygens (including phenoxy) is 1. The van der Waals surface area contributed by atoms with Crippen LogP contribution in [0.3, 0.4) is 0 Å². The van der Waals surface area contributed by atoms with Gasteiger partial charge in [0, 0.05) is 32.5 Å². The van der Waals surface area contributed by atoms with E-state index in [1.54, 1.807) is 7.05 Å². The van der Waals surface area contributed by atoms with E-state index in [-0.39, 0.29) is 42.0 Å². The van der Waals surface area contributed by atoms with Gasteiger partial charge in [-0.15, -0.1) is 24.0 Å². The van der Waals surface area contributed by atoms with Gasteiger partial charge < -0.3 is 20.7 Å². The fourth-order valence-electron chi connectivity index (χ4n) is 2.54. The fraction of sp³-hybridized carbons (Fsp3) is 0.556. The Morgan fingerprint density at radius 2 is 2.12 bits per heavy atom. The van der Waals surface area contributed by atoms with Gasteiger partial charge in [0.15, 0.2) is 5.96 Å². The van der Waals surface area contributed by atoms with Crippen molar-refractivity contribution in [3.63, 3.8) is 0 Å². The first kappa shape index (κ1) is 21.5. The van der Waals surface area contributed by atoms with Crippen LogP contribution in [0.15, 0.2) is 29.3 Å². The molecule has 0 saturated heterocycles. The molecular weight excluding hydrogens is 431 g/mol. The number of guanidine groups is 1. The van der Waals surface area contributed by atoms with Crippen molar-refractivity contribution in [3.8, 4) is 5.75 Å². The van der Waals surface area contributed by atoms with Gasteiger partial charge in [-0.25, -0.2) is 0 Å². The van der Waals surface area contributed by atoms with Gasteiger partial charge in [0.2, 0.25) is 5.91 Å². The highest BCUT2D eigenvalue weighted by atomic mass is 127. The normalized spacial score (nSPS) is 16.9. The zero-order chi connectivity index (χ0) is 17.4. The Morgan fingerprint density at radius 3 is 2.80 bits per heavy atom. The van der Waals surface area contributed by atoms with E-state index in [1.165, 1.54) is 5.56 Å². The van der Waals surface area contributed by atoms with Gasteiger partial charge in [0.1, 0.15) is 11.9 Å². The fourth-order valence-corrected chi connectivity index (χ4v) is 2.54. The molecule has 1 aromatic carbocycles. The molecule has 1 aliphatic rings. The highest BCUT2D eigenvalue weighted by molar-refractivity contribution is 14.0. The summed E-state index contributed by atoms with van der Waals surface area (Å²) in [5.74, 6) is 1.71. The van der Waals surface area contributed by atoms with Crippen molar-refractivity contribution in [2.24, 2.45) is 4.99 Å². The lowest BCUT2D eigenvalue weighted by Crippen LogP contribution is -2.43. The minimum Gasteiger partial charge on any atom is -0.488 e. The maximum Gasteiger partial charge on any atom is 0.221 e. The van der Waals surface area contributed by atoms with Crippen LogP contribution in [-0.2, 0) is 11.2 Å². The Morgan fingerprint density at radius 1 is 1.36 bits per heavy atom. The predicted octanol–water partition coefficient (Wildman–Crippen LogP) is 2.08. The maximum absolute atomic E-state index is 11.7. The molecule has 0 aromatic heterocycles. The molecule has 2 atom stereocenters. The smallest absolute Gasteiger partial charge is 0.221 e. The SMILES string of the molecule is CCC(C)NC(=O)CCNC(=NC)NCC1Cc2ccccc2O1.I. The van der Waals surface area contributed by atoms with Gasteiger partial charge in [0.05, 0.1) is 6.54 Å². The van der Waals surface area contributed by atoms with Crippen LogP contribution in [0.1, 0.15) is 32.3 Å². The average molecular weight is 460 g/mol. The summed E-state index contributed by atoms with van der Waals surface area (Å²) in [6.45, 7) is 5.28. The van der Waals surface area contributed by atoms with Crippen LogP contribution < -0.4 is 20.7 Å². The highest BCUT2D eigenvalue weighted by Crippen LogP contribution is 2.27. The number of hydrogen-bond acceptors (Lipinski definition) is 3. The van der Waals surface area contributed by atoms with Gasteiger partial charge in [-0.1, -0.05) is 25.1 Å². The molecule has 3 N–H and O–H groups in total. The Bertz CT molecular complexity index is 555. The number of hydrogen-bond donors (Lipinski definition) is 3. The molecule has 2 unspecified atom stereocenters. The van der Waals surface area contributed by atoms with Crippen molar-refractivity contribution in [1.82, 2.24) is 16.0 Å². The van der Waals surface area contributed by atoms with Crippen LogP contribution in [-0.4, -0.2) is 44.1 Å². The molecule has 0 aliphatic carbocycles. The second-order valence-corrected chi connectivity index (χ2v) is 6.06. The Hall–Kier alpha value is -1.51. The van der Waals surface area contributed by atoms with E-state index in [1.807, 2.05) is 25.1 Å². The topological polar surface area (TPSA) is 74.8 Å². The molecule has 7 heteroatoms. The summed E-state index contributed by atoms with van der Waals surface area (Å²) in [7, 11) is 1.72. The lowest BCUT2D eigenvalue weighted by molar-refractivity contribution is -0.121.